The van der Waals surface area contributed by atoms with Crippen LogP contribution in [0.15, 0.2) is 53.4 Å². The number of sulfonamides is 1. The van der Waals surface area contributed by atoms with Crippen molar-refractivity contribution in [3.8, 4) is 5.75 Å². The van der Waals surface area contributed by atoms with Crippen LogP contribution in [-0.4, -0.2) is 33.0 Å². The van der Waals surface area contributed by atoms with E-state index in [1.165, 1.54) is 28.6 Å². The molecule has 0 radical (unpaired) electrons. The van der Waals surface area contributed by atoms with E-state index in [0.717, 1.165) is 6.42 Å². The molecule has 1 N–H and O–H groups in total. The van der Waals surface area contributed by atoms with Gasteiger partial charge in [0.15, 0.2) is 6.10 Å². The van der Waals surface area contributed by atoms with Gasteiger partial charge in [-0.3, -0.25) is 9.10 Å². The largest absolute Gasteiger partial charge is 0.476 e. The fraction of sp³-hybridized carbons (Fsp3) is 0.316. The summed E-state index contributed by atoms with van der Waals surface area (Å²) < 4.78 is 33.4. The molecule has 8 heteroatoms. The van der Waals surface area contributed by atoms with Gasteiger partial charge in [-0.25, -0.2) is 8.42 Å². The van der Waals surface area contributed by atoms with Gasteiger partial charge in [0.05, 0.1) is 17.1 Å². The van der Waals surface area contributed by atoms with Crippen LogP contribution in [0.2, 0.25) is 5.02 Å². The van der Waals surface area contributed by atoms with Crippen molar-refractivity contribution in [2.45, 2.75) is 37.3 Å². The maximum Gasteiger partial charge on any atom is 0.264 e. The predicted molar refractivity (Wildman–Crippen MR) is 105 cm³/mol. The fourth-order valence-corrected chi connectivity index (χ4v) is 4.34. The Hall–Kier alpha value is -2.25. The van der Waals surface area contributed by atoms with E-state index in [2.05, 4.69) is 5.32 Å². The Morgan fingerprint density at radius 2 is 1.93 bits per heavy atom. The second-order valence-corrected chi connectivity index (χ2v) is 8.68. The first kappa shape index (κ1) is 19.5. The Balaban J connectivity index is 1.98. The lowest BCUT2D eigenvalue weighted by molar-refractivity contribution is -0.128. The Morgan fingerprint density at radius 1 is 1.26 bits per heavy atom. The van der Waals surface area contributed by atoms with E-state index in [0.29, 0.717) is 16.5 Å². The molecule has 0 aromatic heterocycles. The lowest BCUT2D eigenvalue weighted by Gasteiger charge is -2.35. The van der Waals surface area contributed by atoms with E-state index in [-0.39, 0.29) is 23.4 Å². The molecule has 0 spiro atoms. The third-order valence-electron chi connectivity index (χ3n) is 4.43. The third-order valence-corrected chi connectivity index (χ3v) is 6.48. The molecule has 1 amide bonds. The fourth-order valence-electron chi connectivity index (χ4n) is 2.74. The average molecular weight is 409 g/mol. The molecule has 0 saturated heterocycles. The molecule has 1 aliphatic rings. The number of hydrogen-bond acceptors (Lipinski definition) is 4. The summed E-state index contributed by atoms with van der Waals surface area (Å²) in [6.07, 6.45) is -0.169. The number of halogens is 1. The van der Waals surface area contributed by atoms with Crippen LogP contribution in [0.3, 0.4) is 0 Å². The molecule has 0 saturated carbocycles. The van der Waals surface area contributed by atoms with Crippen molar-refractivity contribution in [1.29, 1.82) is 0 Å². The number of fused-ring (bicyclic) bond motifs is 1. The SMILES string of the molecule is CC[C@@H](C)NC(=O)[C@@H]1CN(S(=O)(=O)c2ccc(Cl)cc2)c2ccccc2O1. The molecule has 0 unspecified atom stereocenters. The van der Waals surface area contributed by atoms with E-state index >= 15 is 0 Å². The molecule has 1 aliphatic heterocycles. The van der Waals surface area contributed by atoms with Crippen LogP contribution in [0.1, 0.15) is 20.3 Å². The summed E-state index contributed by atoms with van der Waals surface area (Å²) in [4.78, 5) is 12.7. The smallest absolute Gasteiger partial charge is 0.264 e. The van der Waals surface area contributed by atoms with Crippen LogP contribution in [0.5, 0.6) is 5.75 Å². The summed E-state index contributed by atoms with van der Waals surface area (Å²) in [7, 11) is -3.88. The Kier molecular flexibility index (Phi) is 5.62. The van der Waals surface area contributed by atoms with Gasteiger partial charge in [0.1, 0.15) is 5.75 Å². The summed E-state index contributed by atoms with van der Waals surface area (Å²) in [5.41, 5.74) is 0.403. The van der Waals surface area contributed by atoms with Crippen LogP contribution in [-0.2, 0) is 14.8 Å². The van der Waals surface area contributed by atoms with E-state index in [9.17, 15) is 13.2 Å². The van der Waals surface area contributed by atoms with Gasteiger partial charge in [0, 0.05) is 11.1 Å². The van der Waals surface area contributed by atoms with E-state index in [1.54, 1.807) is 24.3 Å². The first-order valence-corrected chi connectivity index (χ1v) is 10.5. The third kappa shape index (κ3) is 4.04. The molecule has 6 nitrogen and oxygen atoms in total. The topological polar surface area (TPSA) is 75.7 Å². The zero-order chi connectivity index (χ0) is 19.6. The van der Waals surface area contributed by atoms with Gasteiger partial charge >= 0.3 is 0 Å². The first-order chi connectivity index (χ1) is 12.8. The van der Waals surface area contributed by atoms with Crippen LogP contribution < -0.4 is 14.4 Å². The summed E-state index contributed by atoms with van der Waals surface area (Å²) in [5.74, 6) is 0.0146. The van der Waals surface area contributed by atoms with Crippen molar-refractivity contribution in [1.82, 2.24) is 5.32 Å². The van der Waals surface area contributed by atoms with Crippen molar-refractivity contribution in [3.05, 3.63) is 53.6 Å². The summed E-state index contributed by atoms with van der Waals surface area (Å²) in [5, 5.41) is 3.29. The molecule has 0 bridgehead atoms. The molecule has 2 atom stereocenters. The van der Waals surface area contributed by atoms with Crippen molar-refractivity contribution >= 4 is 33.2 Å². The monoisotopic (exact) mass is 408 g/mol. The zero-order valence-electron chi connectivity index (χ0n) is 15.1. The van der Waals surface area contributed by atoms with E-state index in [1.807, 2.05) is 13.8 Å². The minimum absolute atomic E-state index is 0.0282. The summed E-state index contributed by atoms with van der Waals surface area (Å²) in [6.45, 7) is 3.74. The van der Waals surface area contributed by atoms with Gasteiger partial charge < -0.3 is 10.1 Å². The van der Waals surface area contributed by atoms with Crippen molar-refractivity contribution in [3.63, 3.8) is 0 Å². The molecule has 2 aromatic rings. The average Bonchev–Trinajstić information content (AvgIpc) is 2.67. The van der Waals surface area contributed by atoms with Crippen LogP contribution >= 0.6 is 11.6 Å². The quantitative estimate of drug-likeness (QED) is 0.824. The van der Waals surface area contributed by atoms with Gasteiger partial charge in [-0.15, -0.1) is 0 Å². The molecule has 3 rings (SSSR count). The highest BCUT2D eigenvalue weighted by Crippen LogP contribution is 2.36. The number of nitrogens with one attached hydrogen (secondary N) is 1. The highest BCUT2D eigenvalue weighted by atomic mass is 35.5. The Bertz CT molecular complexity index is 931. The number of rotatable bonds is 5. The number of ether oxygens (including phenoxy) is 1. The summed E-state index contributed by atoms with van der Waals surface area (Å²) in [6, 6.07) is 12.7. The molecule has 144 valence electrons. The highest BCUT2D eigenvalue weighted by molar-refractivity contribution is 7.92. The zero-order valence-corrected chi connectivity index (χ0v) is 16.6. The van der Waals surface area contributed by atoms with Gasteiger partial charge in [0.25, 0.3) is 15.9 Å². The second-order valence-electron chi connectivity index (χ2n) is 6.38. The molecular weight excluding hydrogens is 388 g/mol. The number of benzene rings is 2. The molecule has 2 aromatic carbocycles. The maximum atomic E-state index is 13.2. The van der Waals surface area contributed by atoms with Gasteiger partial charge in [0.2, 0.25) is 0 Å². The Labute approximate surface area is 164 Å². The maximum absolute atomic E-state index is 13.2. The van der Waals surface area contributed by atoms with Crippen LogP contribution in [0, 0.1) is 0 Å². The molecule has 0 fully saturated rings. The van der Waals surface area contributed by atoms with E-state index in [4.69, 9.17) is 16.3 Å². The lowest BCUT2D eigenvalue weighted by atomic mass is 10.2. The van der Waals surface area contributed by atoms with Crippen molar-refractivity contribution in [2.24, 2.45) is 0 Å². The standard InChI is InChI=1S/C19H21ClN2O4S/c1-3-13(2)21-19(23)18-12-22(16-6-4-5-7-17(16)26-18)27(24,25)15-10-8-14(20)9-11-15/h4-11,13,18H,3,12H2,1-2H3,(H,21,23)/t13-,18+/m1/s1. The van der Waals surface area contributed by atoms with Gasteiger partial charge in [-0.05, 0) is 49.7 Å². The molecule has 0 aliphatic carbocycles. The molecular formula is C19H21ClN2O4S. The number of carbonyl (C=O) groups excluding carboxylic acids is 1. The normalized spacial score (nSPS) is 17.6. The lowest BCUT2D eigenvalue weighted by Crippen LogP contribution is -2.52. The Morgan fingerprint density at radius 3 is 2.59 bits per heavy atom. The van der Waals surface area contributed by atoms with Crippen molar-refractivity contribution < 1.29 is 17.9 Å². The molecule has 1 heterocycles. The minimum atomic E-state index is -3.88. The summed E-state index contributed by atoms with van der Waals surface area (Å²) >= 11 is 5.87. The number of para-hydroxylation sites is 2. The van der Waals surface area contributed by atoms with Gasteiger partial charge in [-0.1, -0.05) is 30.7 Å². The number of nitrogens with zero attached hydrogens (tertiary/aromatic N) is 1. The first-order valence-electron chi connectivity index (χ1n) is 8.67. The van der Waals surface area contributed by atoms with Crippen molar-refractivity contribution in [2.75, 3.05) is 10.8 Å². The van der Waals surface area contributed by atoms with E-state index < -0.39 is 16.1 Å². The van der Waals surface area contributed by atoms with Crippen LogP contribution in [0.4, 0.5) is 5.69 Å². The minimum Gasteiger partial charge on any atom is -0.476 e. The number of hydrogen-bond donors (Lipinski definition) is 1. The number of anilines is 1. The van der Waals surface area contributed by atoms with Crippen LogP contribution in [0.25, 0.3) is 0 Å². The number of amides is 1. The number of carbonyl (C=O) groups is 1. The highest BCUT2D eigenvalue weighted by Gasteiger charge is 2.37. The van der Waals surface area contributed by atoms with Gasteiger partial charge in [-0.2, -0.15) is 0 Å². The molecule has 27 heavy (non-hydrogen) atoms. The second kappa shape index (κ2) is 7.78. The predicted octanol–water partition coefficient (Wildman–Crippen LogP) is 3.21.